The van der Waals surface area contributed by atoms with Crippen molar-refractivity contribution in [2.75, 3.05) is 13.2 Å². The summed E-state index contributed by atoms with van der Waals surface area (Å²) in [6.07, 6.45) is 6.22. The zero-order valence-corrected chi connectivity index (χ0v) is 9.28. The van der Waals surface area contributed by atoms with Gasteiger partial charge in [-0.1, -0.05) is 12.8 Å². The summed E-state index contributed by atoms with van der Waals surface area (Å²) < 4.78 is 5.28. The quantitative estimate of drug-likeness (QED) is 0.753. The van der Waals surface area contributed by atoms with E-state index in [0.717, 1.165) is 38.9 Å². The van der Waals surface area contributed by atoms with E-state index in [-0.39, 0.29) is 17.9 Å². The fourth-order valence-electron chi connectivity index (χ4n) is 2.80. The van der Waals surface area contributed by atoms with E-state index in [1.165, 1.54) is 12.8 Å². The SMILES string of the molecule is NC1CCCCC1C(=O)C1CCOCC1. The number of hydrogen-bond donors (Lipinski definition) is 1. The summed E-state index contributed by atoms with van der Waals surface area (Å²) in [4.78, 5) is 12.2. The highest BCUT2D eigenvalue weighted by atomic mass is 16.5. The van der Waals surface area contributed by atoms with Gasteiger partial charge in [0, 0.05) is 31.1 Å². The maximum Gasteiger partial charge on any atom is 0.140 e. The van der Waals surface area contributed by atoms with Gasteiger partial charge in [0.05, 0.1) is 0 Å². The van der Waals surface area contributed by atoms with E-state index in [1.807, 2.05) is 0 Å². The van der Waals surface area contributed by atoms with Gasteiger partial charge in [-0.3, -0.25) is 4.79 Å². The van der Waals surface area contributed by atoms with Gasteiger partial charge in [-0.2, -0.15) is 0 Å². The number of ketones is 1. The van der Waals surface area contributed by atoms with Crippen molar-refractivity contribution in [3.63, 3.8) is 0 Å². The third kappa shape index (κ3) is 2.58. The molecule has 1 heterocycles. The molecule has 2 N–H and O–H groups in total. The van der Waals surface area contributed by atoms with E-state index in [4.69, 9.17) is 10.5 Å². The number of carbonyl (C=O) groups excluding carboxylic acids is 1. The lowest BCUT2D eigenvalue weighted by molar-refractivity contribution is -0.131. The molecule has 86 valence electrons. The first-order valence-electron chi connectivity index (χ1n) is 6.16. The number of ether oxygens (including phenoxy) is 1. The summed E-state index contributed by atoms with van der Waals surface area (Å²) in [5, 5.41) is 0. The van der Waals surface area contributed by atoms with Crippen LogP contribution < -0.4 is 5.73 Å². The first kappa shape index (κ1) is 11.1. The van der Waals surface area contributed by atoms with E-state index < -0.39 is 0 Å². The van der Waals surface area contributed by atoms with Crippen LogP contribution in [-0.4, -0.2) is 25.0 Å². The Hall–Kier alpha value is -0.410. The second kappa shape index (κ2) is 5.08. The van der Waals surface area contributed by atoms with E-state index >= 15 is 0 Å². The zero-order valence-electron chi connectivity index (χ0n) is 9.28. The van der Waals surface area contributed by atoms with Crippen LogP contribution >= 0.6 is 0 Å². The topological polar surface area (TPSA) is 52.3 Å². The highest BCUT2D eigenvalue weighted by molar-refractivity contribution is 5.84. The van der Waals surface area contributed by atoms with Gasteiger partial charge in [-0.25, -0.2) is 0 Å². The van der Waals surface area contributed by atoms with Gasteiger partial charge in [0.1, 0.15) is 5.78 Å². The largest absolute Gasteiger partial charge is 0.381 e. The third-order valence-corrected chi connectivity index (χ3v) is 3.81. The fourth-order valence-corrected chi connectivity index (χ4v) is 2.80. The highest BCUT2D eigenvalue weighted by Gasteiger charge is 2.33. The maximum absolute atomic E-state index is 12.2. The maximum atomic E-state index is 12.2. The zero-order chi connectivity index (χ0) is 10.7. The monoisotopic (exact) mass is 211 g/mol. The van der Waals surface area contributed by atoms with Crippen molar-refractivity contribution in [1.82, 2.24) is 0 Å². The van der Waals surface area contributed by atoms with Crippen LogP contribution in [0.3, 0.4) is 0 Å². The Morgan fingerprint density at radius 1 is 1.07 bits per heavy atom. The highest BCUT2D eigenvalue weighted by Crippen LogP contribution is 2.29. The molecule has 1 saturated heterocycles. The van der Waals surface area contributed by atoms with Crippen LogP contribution in [0.1, 0.15) is 38.5 Å². The van der Waals surface area contributed by atoms with Crippen molar-refractivity contribution in [3.8, 4) is 0 Å². The average molecular weight is 211 g/mol. The summed E-state index contributed by atoms with van der Waals surface area (Å²) in [6.45, 7) is 1.50. The van der Waals surface area contributed by atoms with Gasteiger partial charge in [0.15, 0.2) is 0 Å². The van der Waals surface area contributed by atoms with Crippen molar-refractivity contribution in [1.29, 1.82) is 0 Å². The standard InChI is InChI=1S/C12H21NO2/c13-11-4-2-1-3-10(11)12(14)9-5-7-15-8-6-9/h9-11H,1-8,13H2. The lowest BCUT2D eigenvalue weighted by Gasteiger charge is -2.31. The van der Waals surface area contributed by atoms with Gasteiger partial charge >= 0.3 is 0 Å². The smallest absolute Gasteiger partial charge is 0.140 e. The Kier molecular flexibility index (Phi) is 3.76. The molecule has 2 atom stereocenters. The molecule has 2 aliphatic rings. The minimum atomic E-state index is 0.120. The van der Waals surface area contributed by atoms with E-state index in [9.17, 15) is 4.79 Å². The molecule has 1 aliphatic carbocycles. The van der Waals surface area contributed by atoms with Gasteiger partial charge in [0.25, 0.3) is 0 Å². The van der Waals surface area contributed by atoms with Gasteiger partial charge in [-0.05, 0) is 25.7 Å². The molecule has 2 rings (SSSR count). The number of nitrogens with two attached hydrogens (primary N) is 1. The van der Waals surface area contributed by atoms with Crippen molar-refractivity contribution in [3.05, 3.63) is 0 Å². The summed E-state index contributed by atoms with van der Waals surface area (Å²) in [5.41, 5.74) is 6.03. The van der Waals surface area contributed by atoms with Crippen LogP contribution in [-0.2, 0) is 9.53 Å². The van der Waals surface area contributed by atoms with Crippen molar-refractivity contribution in [2.24, 2.45) is 17.6 Å². The molecule has 0 amide bonds. The fraction of sp³-hybridized carbons (Fsp3) is 0.917. The third-order valence-electron chi connectivity index (χ3n) is 3.81. The van der Waals surface area contributed by atoms with Gasteiger partial charge in [0.2, 0.25) is 0 Å². The molecule has 15 heavy (non-hydrogen) atoms. The summed E-state index contributed by atoms with van der Waals surface area (Å²) >= 11 is 0. The lowest BCUT2D eigenvalue weighted by Crippen LogP contribution is -2.41. The number of carbonyl (C=O) groups is 1. The molecule has 0 radical (unpaired) electrons. The van der Waals surface area contributed by atoms with Gasteiger partial charge in [-0.15, -0.1) is 0 Å². The molecular formula is C12H21NO2. The Morgan fingerprint density at radius 2 is 1.73 bits per heavy atom. The molecule has 3 heteroatoms. The van der Waals surface area contributed by atoms with Crippen LogP contribution in [0, 0.1) is 11.8 Å². The van der Waals surface area contributed by atoms with Crippen LogP contribution in [0.2, 0.25) is 0 Å². The molecule has 0 aromatic carbocycles. The van der Waals surface area contributed by atoms with Crippen LogP contribution in [0.25, 0.3) is 0 Å². The molecule has 0 aromatic rings. The Bertz CT molecular complexity index is 224. The second-order valence-corrected chi connectivity index (χ2v) is 4.84. The predicted octanol–water partition coefficient (Wildman–Crippen LogP) is 1.50. The molecule has 1 aliphatic heterocycles. The molecule has 2 unspecified atom stereocenters. The average Bonchev–Trinajstić information content (AvgIpc) is 2.30. The minimum Gasteiger partial charge on any atom is -0.381 e. The minimum absolute atomic E-state index is 0.120. The van der Waals surface area contributed by atoms with Crippen LogP contribution in [0.4, 0.5) is 0 Å². The summed E-state index contributed by atoms with van der Waals surface area (Å²) in [5.74, 6) is 0.792. The second-order valence-electron chi connectivity index (χ2n) is 4.84. The van der Waals surface area contributed by atoms with Crippen molar-refractivity contribution >= 4 is 5.78 Å². The Labute approximate surface area is 91.4 Å². The molecule has 2 fully saturated rings. The molecule has 3 nitrogen and oxygen atoms in total. The molecule has 0 spiro atoms. The van der Waals surface area contributed by atoms with E-state index in [1.54, 1.807) is 0 Å². The first-order valence-corrected chi connectivity index (χ1v) is 6.16. The van der Waals surface area contributed by atoms with E-state index in [0.29, 0.717) is 5.78 Å². The predicted molar refractivity (Wildman–Crippen MR) is 58.5 cm³/mol. The lowest BCUT2D eigenvalue weighted by atomic mass is 9.77. The molecule has 1 saturated carbocycles. The number of Topliss-reactive ketones (excluding diaryl/α,β-unsaturated/α-hetero) is 1. The Balaban J connectivity index is 1.92. The summed E-state index contributed by atoms with van der Waals surface area (Å²) in [6, 6.07) is 0.120. The molecular weight excluding hydrogens is 190 g/mol. The Morgan fingerprint density at radius 3 is 2.40 bits per heavy atom. The van der Waals surface area contributed by atoms with Gasteiger partial charge < -0.3 is 10.5 Å². The molecule has 0 aromatic heterocycles. The van der Waals surface area contributed by atoms with Crippen molar-refractivity contribution in [2.45, 2.75) is 44.6 Å². The van der Waals surface area contributed by atoms with E-state index in [2.05, 4.69) is 0 Å². The normalized spacial score (nSPS) is 33.9. The van der Waals surface area contributed by atoms with Crippen molar-refractivity contribution < 1.29 is 9.53 Å². The molecule has 0 bridgehead atoms. The first-order chi connectivity index (χ1) is 7.29. The van der Waals surface area contributed by atoms with Crippen LogP contribution in [0.15, 0.2) is 0 Å². The van der Waals surface area contributed by atoms with Crippen LogP contribution in [0.5, 0.6) is 0 Å². The number of rotatable bonds is 2. The summed E-state index contributed by atoms with van der Waals surface area (Å²) in [7, 11) is 0. The number of hydrogen-bond acceptors (Lipinski definition) is 3.